The van der Waals surface area contributed by atoms with Gasteiger partial charge in [0.05, 0.1) is 44.8 Å². The number of amides is 13. The van der Waals surface area contributed by atoms with Crippen molar-refractivity contribution in [1.82, 2.24) is 74.1 Å². The molecule has 13 amide bonds. The Labute approximate surface area is 585 Å². The number of aliphatic hydroxyl groups is 2. The summed E-state index contributed by atoms with van der Waals surface area (Å²) in [6.45, 7) is 6.78. The molecule has 556 valence electrons. The number of hydrogen-bond donors (Lipinski definition) is 20. The van der Waals surface area contributed by atoms with Crippen LogP contribution in [0, 0.1) is 11.8 Å². The fraction of sp³-hybridized carbons (Fsp3) is 0.470. The van der Waals surface area contributed by atoms with Crippen LogP contribution >= 0.6 is 0 Å². The highest BCUT2D eigenvalue weighted by Crippen LogP contribution is 2.20. The molecule has 0 spiro atoms. The SMILES string of the molecule is CC[C@H](C)C(NC(=O)CNC(=O)[C@H](Cc1c[nH]c2ccccc12)NC(=O)CNC(=O)[C@H](C)NC(=O)[C@H](Cc1ccccc1)NC(=O)C(CC(C)C)NC(=O)CNC(=O)CON)C(=O)N[C@H](C(=O)N[C@@H](Cc1ccc(O)cc1)C(=O)NCC(=O)NC(CC(=O)O)C(=O)N[C@H](C(=O)O)[C@@H](C)O)[C@@H](C)O. The monoisotopic (exact) mass is 1430 g/mol. The van der Waals surface area contributed by atoms with Gasteiger partial charge in [0.2, 0.25) is 76.8 Å². The molecule has 4 rings (SSSR count). The number of carbonyl (C=O) groups is 15. The number of aliphatic carboxylic acids is 2. The predicted molar refractivity (Wildman–Crippen MR) is 361 cm³/mol. The van der Waals surface area contributed by atoms with E-state index in [2.05, 4.69) is 73.6 Å². The molecule has 21 N–H and O–H groups in total. The third-order valence-electron chi connectivity index (χ3n) is 15.7. The molecular weight excluding hydrogens is 1340 g/mol. The summed E-state index contributed by atoms with van der Waals surface area (Å²) in [7, 11) is 0. The van der Waals surface area contributed by atoms with Crippen LogP contribution in [0.4, 0.5) is 0 Å². The number of fused-ring (bicyclic) bond motifs is 1. The predicted octanol–water partition coefficient (Wildman–Crippen LogP) is -4.95. The van der Waals surface area contributed by atoms with E-state index >= 15 is 0 Å². The minimum atomic E-state index is -1.90. The van der Waals surface area contributed by atoms with Gasteiger partial charge in [-0.1, -0.05) is 94.8 Å². The van der Waals surface area contributed by atoms with Gasteiger partial charge in [-0.05, 0) is 73.9 Å². The van der Waals surface area contributed by atoms with Crippen LogP contribution in [0.5, 0.6) is 5.75 Å². The summed E-state index contributed by atoms with van der Waals surface area (Å²) in [6, 6.07) is 6.91. The Morgan fingerprint density at radius 2 is 0.922 bits per heavy atom. The highest BCUT2D eigenvalue weighted by atomic mass is 16.6. The number of nitrogens with two attached hydrogens (primary N) is 1. The van der Waals surface area contributed by atoms with Crippen molar-refractivity contribution in [2.75, 3.05) is 32.8 Å². The molecule has 0 aliphatic heterocycles. The fourth-order valence-corrected chi connectivity index (χ4v) is 10.0. The van der Waals surface area contributed by atoms with Crippen LogP contribution in [0.3, 0.4) is 0 Å². The second-order valence-electron chi connectivity index (χ2n) is 24.5. The van der Waals surface area contributed by atoms with E-state index in [1.54, 1.807) is 88.5 Å². The van der Waals surface area contributed by atoms with Crippen LogP contribution in [0.25, 0.3) is 10.9 Å². The Bertz CT molecular complexity index is 3590. The second kappa shape index (κ2) is 41.5. The third-order valence-corrected chi connectivity index (χ3v) is 15.7. The van der Waals surface area contributed by atoms with E-state index < -0.39 is 200 Å². The molecule has 0 aliphatic rings. The van der Waals surface area contributed by atoms with Gasteiger partial charge in [0.15, 0.2) is 6.04 Å². The second-order valence-corrected chi connectivity index (χ2v) is 24.5. The summed E-state index contributed by atoms with van der Waals surface area (Å²) in [5, 5.41) is 81.1. The number of phenolic OH excluding ortho intramolecular Hbond substituents is 1. The molecule has 0 bridgehead atoms. The van der Waals surface area contributed by atoms with Crippen LogP contribution in [0.1, 0.15) is 84.4 Å². The molecule has 0 saturated heterocycles. The van der Waals surface area contributed by atoms with Crippen molar-refractivity contribution in [3.05, 3.63) is 102 Å². The van der Waals surface area contributed by atoms with Crippen LogP contribution in [0.15, 0.2) is 85.1 Å². The van der Waals surface area contributed by atoms with Gasteiger partial charge >= 0.3 is 11.9 Å². The largest absolute Gasteiger partial charge is 0.508 e. The molecule has 36 nitrogen and oxygen atoms in total. The minimum Gasteiger partial charge on any atom is -0.508 e. The number of aliphatic hydroxyl groups excluding tert-OH is 2. The fourth-order valence-electron chi connectivity index (χ4n) is 10.0. The van der Waals surface area contributed by atoms with Crippen molar-refractivity contribution in [2.24, 2.45) is 17.7 Å². The number of para-hydroxylation sites is 1. The van der Waals surface area contributed by atoms with E-state index in [-0.39, 0.29) is 43.8 Å². The summed E-state index contributed by atoms with van der Waals surface area (Å²) < 4.78 is 0. The van der Waals surface area contributed by atoms with Crippen LogP contribution in [-0.4, -0.2) is 219 Å². The first-order valence-electron chi connectivity index (χ1n) is 32.5. The van der Waals surface area contributed by atoms with Crippen molar-refractivity contribution in [3.8, 4) is 5.75 Å². The van der Waals surface area contributed by atoms with Crippen molar-refractivity contribution in [1.29, 1.82) is 0 Å². The normalized spacial score (nSPS) is 14.6. The van der Waals surface area contributed by atoms with E-state index in [1.807, 2.05) is 5.32 Å². The lowest BCUT2D eigenvalue weighted by Crippen LogP contribution is -2.61. The quantitative estimate of drug-likeness (QED) is 0.0185. The maximum Gasteiger partial charge on any atom is 0.328 e. The van der Waals surface area contributed by atoms with Crippen LogP contribution in [-0.2, 0) is 96.0 Å². The Hall–Kier alpha value is -11.1. The zero-order chi connectivity index (χ0) is 75.9. The molecule has 0 radical (unpaired) electrons. The number of aromatic hydroxyl groups is 1. The Balaban J connectivity index is 1.46. The molecule has 3 unspecified atom stereocenters. The Kier molecular flexibility index (Phi) is 33.9. The van der Waals surface area contributed by atoms with Crippen molar-refractivity contribution >= 4 is 99.6 Å². The minimum absolute atomic E-state index is 0.0646. The van der Waals surface area contributed by atoms with Crippen LogP contribution in [0.2, 0.25) is 0 Å². The van der Waals surface area contributed by atoms with Gasteiger partial charge in [0.25, 0.3) is 0 Å². The summed E-state index contributed by atoms with van der Waals surface area (Å²) in [5.74, 6) is -11.7. The first-order valence-corrected chi connectivity index (χ1v) is 32.5. The van der Waals surface area contributed by atoms with Gasteiger partial charge < -0.3 is 99.6 Å². The average Bonchev–Trinajstić information content (AvgIpc) is 1.64. The van der Waals surface area contributed by atoms with Crippen molar-refractivity contribution < 1.29 is 102 Å². The zero-order valence-corrected chi connectivity index (χ0v) is 57.2. The highest BCUT2D eigenvalue weighted by Gasteiger charge is 2.37. The maximum atomic E-state index is 14.2. The molecule has 102 heavy (non-hydrogen) atoms. The van der Waals surface area contributed by atoms with Gasteiger partial charge in [-0.3, -0.25) is 72.0 Å². The Morgan fingerprint density at radius 3 is 1.47 bits per heavy atom. The van der Waals surface area contributed by atoms with Gasteiger partial charge in [-0.15, -0.1) is 0 Å². The number of aromatic nitrogens is 1. The summed E-state index contributed by atoms with van der Waals surface area (Å²) in [4.78, 5) is 206. The number of carboxylic acids is 2. The molecular formula is C66H91N15O21. The first-order chi connectivity index (χ1) is 48.2. The topological polar surface area (TPSA) is 565 Å². The molecule has 1 heterocycles. The number of carbonyl (C=O) groups excluding carboxylic acids is 13. The third kappa shape index (κ3) is 28.3. The number of benzene rings is 3. The number of H-pyrrole nitrogens is 1. The molecule has 12 atom stereocenters. The van der Waals surface area contributed by atoms with Gasteiger partial charge in [0.1, 0.15) is 60.7 Å². The van der Waals surface area contributed by atoms with E-state index in [9.17, 15) is 97.5 Å². The highest BCUT2D eigenvalue weighted by molar-refractivity contribution is 5.99. The van der Waals surface area contributed by atoms with Crippen molar-refractivity contribution in [3.63, 3.8) is 0 Å². The van der Waals surface area contributed by atoms with E-state index in [1.165, 1.54) is 31.2 Å². The number of phenols is 1. The lowest BCUT2D eigenvalue weighted by atomic mass is 9.97. The number of aromatic amines is 1. The van der Waals surface area contributed by atoms with Gasteiger partial charge in [-0.25, -0.2) is 10.7 Å². The Morgan fingerprint density at radius 1 is 0.461 bits per heavy atom. The van der Waals surface area contributed by atoms with E-state index in [0.717, 1.165) is 13.8 Å². The van der Waals surface area contributed by atoms with E-state index in [0.29, 0.717) is 27.6 Å². The lowest BCUT2D eigenvalue weighted by molar-refractivity contribution is -0.146. The average molecular weight is 1430 g/mol. The molecule has 4 aromatic rings. The molecule has 36 heteroatoms. The number of hydrogen-bond acceptors (Lipinski definition) is 20. The van der Waals surface area contributed by atoms with Gasteiger partial charge in [0, 0.05) is 36.4 Å². The first kappa shape index (κ1) is 83.3. The molecule has 0 saturated carbocycles. The summed E-state index contributed by atoms with van der Waals surface area (Å²) >= 11 is 0. The number of nitrogens with one attached hydrogen (secondary N) is 14. The maximum absolute atomic E-state index is 14.2. The standard InChI is InChI=1S/C66H91N15O21/c1-8-34(4)55(64(98)80-56(36(6)82)65(99)78-45(24-39-18-20-41(84)21-19-39)59(93)71-30-51(87)76-48(26-54(90)91)63(97)81-57(37(7)83)66(100)101)79-52(88)31-72-60(94)47(25-40-27-68-43-17-13-12-16-42(40)43)75-50(86)29-70-58(92)35(5)73-61(95)46(23-38-14-10-9-11-15-38)77-62(96)44(22-33(2)3)74-49(85)28-69-53(89)32-102-67/h9-21,27,33-37,44-48,55-57,68,82-84H,8,22-26,28-32,67H2,1-7H3,(H,69,89)(H,70,92)(H,71,93)(H,72,94)(H,73,95)(H,74,85)(H,75,86)(H,76,87)(H,77,96)(H,78,99)(H,79,88)(H,80,98)(H,81,97)(H,90,91)(H,100,101)/t34-,35-,36+,37+,44?,45-,46-,47-,48?,55?,56-,57-/m0/s1. The summed E-state index contributed by atoms with van der Waals surface area (Å²) in [5.41, 5.74) is 2.18. The molecule has 1 aromatic heterocycles. The number of rotatable bonds is 42. The zero-order valence-electron chi connectivity index (χ0n) is 57.2. The van der Waals surface area contributed by atoms with Crippen molar-refractivity contribution in [2.45, 2.75) is 154 Å². The van der Waals surface area contributed by atoms with Gasteiger partial charge in [-0.2, -0.15) is 0 Å². The van der Waals surface area contributed by atoms with E-state index in [4.69, 9.17) is 5.90 Å². The smallest absolute Gasteiger partial charge is 0.328 e. The molecule has 3 aromatic carbocycles. The van der Waals surface area contributed by atoms with Crippen LogP contribution < -0.4 is 75.0 Å². The molecule has 0 aliphatic carbocycles. The summed E-state index contributed by atoms with van der Waals surface area (Å²) in [6.07, 6.45) is -3.03. The lowest BCUT2D eigenvalue weighted by Gasteiger charge is -2.29. The number of carboxylic acid groups (broad SMARTS) is 2. The molecule has 0 fully saturated rings.